The van der Waals surface area contributed by atoms with Crippen molar-refractivity contribution in [3.05, 3.63) is 0 Å². The third-order valence-corrected chi connectivity index (χ3v) is 5.13. The van der Waals surface area contributed by atoms with Crippen molar-refractivity contribution in [3.63, 3.8) is 0 Å². The maximum Gasteiger partial charge on any atom is 0.0622 e. The molecule has 0 bridgehead atoms. The van der Waals surface area contributed by atoms with Gasteiger partial charge in [0.25, 0.3) is 0 Å². The lowest BCUT2D eigenvalue weighted by Gasteiger charge is -2.42. The Morgan fingerprint density at radius 1 is 1.25 bits per heavy atom. The first-order valence-corrected chi connectivity index (χ1v) is 8.44. The zero-order valence-corrected chi connectivity index (χ0v) is 14.9. The summed E-state index contributed by atoms with van der Waals surface area (Å²) in [6.45, 7) is 15.0. The Balaban J connectivity index is 2.58. The topological polar surface area (TPSA) is 21.3 Å². The SMILES string of the molecule is COC(C)(C)CCC1CC(C)(C)CCC1CNC(C)C. The van der Waals surface area contributed by atoms with Gasteiger partial charge in [-0.25, -0.2) is 0 Å². The quantitative estimate of drug-likeness (QED) is 0.735. The summed E-state index contributed by atoms with van der Waals surface area (Å²) in [4.78, 5) is 0. The van der Waals surface area contributed by atoms with Gasteiger partial charge in [0.15, 0.2) is 0 Å². The molecule has 0 heterocycles. The highest BCUT2D eigenvalue weighted by Crippen LogP contribution is 2.44. The fourth-order valence-electron chi connectivity index (χ4n) is 3.42. The number of methoxy groups -OCH3 is 1. The molecule has 2 heteroatoms. The predicted molar refractivity (Wildman–Crippen MR) is 88.1 cm³/mol. The number of ether oxygens (including phenoxy) is 1. The van der Waals surface area contributed by atoms with E-state index in [9.17, 15) is 0 Å². The second kappa shape index (κ2) is 7.26. The van der Waals surface area contributed by atoms with Gasteiger partial charge in [0, 0.05) is 13.2 Å². The van der Waals surface area contributed by atoms with Crippen LogP contribution in [0.5, 0.6) is 0 Å². The summed E-state index contributed by atoms with van der Waals surface area (Å²) >= 11 is 0. The molecule has 1 aliphatic rings. The molecule has 1 aliphatic carbocycles. The average Bonchev–Trinajstić information content (AvgIpc) is 2.34. The molecule has 0 aliphatic heterocycles. The number of hydrogen-bond donors (Lipinski definition) is 1. The van der Waals surface area contributed by atoms with Gasteiger partial charge in [0.05, 0.1) is 5.60 Å². The summed E-state index contributed by atoms with van der Waals surface area (Å²) in [5.41, 5.74) is 0.549. The van der Waals surface area contributed by atoms with Gasteiger partial charge < -0.3 is 10.1 Å². The van der Waals surface area contributed by atoms with Crippen LogP contribution in [0.2, 0.25) is 0 Å². The van der Waals surface area contributed by atoms with Gasteiger partial charge in [-0.1, -0.05) is 27.7 Å². The van der Waals surface area contributed by atoms with Gasteiger partial charge in [0.1, 0.15) is 0 Å². The van der Waals surface area contributed by atoms with Crippen molar-refractivity contribution < 1.29 is 4.74 Å². The lowest BCUT2D eigenvalue weighted by molar-refractivity contribution is 0.00118. The van der Waals surface area contributed by atoms with E-state index >= 15 is 0 Å². The van der Waals surface area contributed by atoms with E-state index in [-0.39, 0.29) is 5.60 Å². The maximum absolute atomic E-state index is 5.60. The van der Waals surface area contributed by atoms with Gasteiger partial charge in [-0.2, -0.15) is 0 Å². The number of nitrogens with one attached hydrogen (secondary N) is 1. The molecule has 2 unspecified atom stereocenters. The van der Waals surface area contributed by atoms with Crippen molar-refractivity contribution >= 4 is 0 Å². The lowest BCUT2D eigenvalue weighted by atomic mass is 9.65. The minimum absolute atomic E-state index is 0.0254. The second-order valence-electron chi connectivity index (χ2n) is 8.49. The predicted octanol–water partition coefficient (Wildman–Crippen LogP) is 4.63. The number of rotatable bonds is 7. The van der Waals surface area contributed by atoms with E-state index in [1.807, 2.05) is 7.11 Å². The van der Waals surface area contributed by atoms with Crippen LogP contribution >= 0.6 is 0 Å². The van der Waals surface area contributed by atoms with Gasteiger partial charge in [-0.3, -0.25) is 0 Å². The fraction of sp³-hybridized carbons (Fsp3) is 1.00. The molecular weight excluding hydrogens is 246 g/mol. The maximum atomic E-state index is 5.60. The molecule has 0 radical (unpaired) electrons. The smallest absolute Gasteiger partial charge is 0.0622 e. The first kappa shape index (κ1) is 18.0. The summed E-state index contributed by atoms with van der Waals surface area (Å²) in [6, 6.07) is 0.598. The standard InChI is InChI=1S/C18H37NO/c1-14(2)19-13-16-8-10-17(3,4)12-15(16)9-11-18(5,6)20-7/h14-16,19H,8-13H2,1-7H3. The first-order valence-electron chi connectivity index (χ1n) is 8.44. The van der Waals surface area contributed by atoms with E-state index < -0.39 is 0 Å². The molecule has 2 atom stereocenters. The minimum atomic E-state index is 0.0254. The lowest BCUT2D eigenvalue weighted by Crippen LogP contribution is -2.38. The summed E-state index contributed by atoms with van der Waals surface area (Å²) < 4.78 is 5.60. The molecule has 1 saturated carbocycles. The molecule has 0 aromatic carbocycles. The monoisotopic (exact) mass is 283 g/mol. The Labute approximate surface area is 127 Å². The molecule has 20 heavy (non-hydrogen) atoms. The van der Waals surface area contributed by atoms with E-state index in [1.54, 1.807) is 0 Å². The summed E-state index contributed by atoms with van der Waals surface area (Å²) in [7, 11) is 1.84. The Morgan fingerprint density at radius 3 is 2.45 bits per heavy atom. The highest BCUT2D eigenvalue weighted by molar-refractivity contribution is 4.87. The Morgan fingerprint density at radius 2 is 1.90 bits per heavy atom. The van der Waals surface area contributed by atoms with E-state index in [0.717, 1.165) is 11.8 Å². The van der Waals surface area contributed by atoms with Crippen molar-refractivity contribution in [2.45, 2.75) is 85.3 Å². The van der Waals surface area contributed by atoms with Crippen LogP contribution in [-0.4, -0.2) is 25.3 Å². The Hall–Kier alpha value is -0.0800. The molecule has 0 spiro atoms. The number of hydrogen-bond acceptors (Lipinski definition) is 2. The molecule has 2 nitrogen and oxygen atoms in total. The van der Waals surface area contributed by atoms with Gasteiger partial charge in [-0.05, 0) is 69.7 Å². The van der Waals surface area contributed by atoms with Crippen LogP contribution in [0.4, 0.5) is 0 Å². The van der Waals surface area contributed by atoms with Crippen LogP contribution in [0.25, 0.3) is 0 Å². The van der Waals surface area contributed by atoms with Crippen LogP contribution in [0.3, 0.4) is 0 Å². The molecule has 0 aromatic heterocycles. The van der Waals surface area contributed by atoms with E-state index in [2.05, 4.69) is 46.9 Å². The van der Waals surface area contributed by atoms with E-state index in [0.29, 0.717) is 11.5 Å². The molecule has 0 aromatic rings. The highest BCUT2D eigenvalue weighted by atomic mass is 16.5. The normalized spacial score (nSPS) is 27.0. The molecule has 1 rings (SSSR count). The molecule has 1 N–H and O–H groups in total. The zero-order valence-electron chi connectivity index (χ0n) is 14.9. The van der Waals surface area contributed by atoms with Gasteiger partial charge >= 0.3 is 0 Å². The molecule has 1 fully saturated rings. The van der Waals surface area contributed by atoms with Gasteiger partial charge in [-0.15, -0.1) is 0 Å². The Bertz CT molecular complexity index is 281. The Kier molecular flexibility index (Phi) is 6.53. The average molecular weight is 284 g/mol. The second-order valence-corrected chi connectivity index (χ2v) is 8.49. The summed E-state index contributed by atoms with van der Waals surface area (Å²) in [5.74, 6) is 1.69. The van der Waals surface area contributed by atoms with Crippen LogP contribution in [0.15, 0.2) is 0 Å². The highest BCUT2D eigenvalue weighted by Gasteiger charge is 2.35. The van der Waals surface area contributed by atoms with Gasteiger partial charge in [0.2, 0.25) is 0 Å². The van der Waals surface area contributed by atoms with Crippen LogP contribution in [0.1, 0.15) is 73.6 Å². The van der Waals surface area contributed by atoms with Crippen LogP contribution in [-0.2, 0) is 4.74 Å². The van der Waals surface area contributed by atoms with Crippen molar-refractivity contribution in [3.8, 4) is 0 Å². The van der Waals surface area contributed by atoms with E-state index in [4.69, 9.17) is 4.74 Å². The summed E-state index contributed by atoms with van der Waals surface area (Å²) in [5, 5.41) is 3.65. The third-order valence-electron chi connectivity index (χ3n) is 5.13. The molecule has 0 amide bonds. The first-order chi connectivity index (χ1) is 9.15. The minimum Gasteiger partial charge on any atom is -0.379 e. The molecular formula is C18H37NO. The third kappa shape index (κ3) is 6.13. The van der Waals surface area contributed by atoms with Crippen LogP contribution < -0.4 is 5.32 Å². The van der Waals surface area contributed by atoms with Crippen molar-refractivity contribution in [1.29, 1.82) is 0 Å². The summed E-state index contributed by atoms with van der Waals surface area (Å²) in [6.07, 6.45) is 6.60. The van der Waals surface area contributed by atoms with Crippen molar-refractivity contribution in [1.82, 2.24) is 5.32 Å². The largest absolute Gasteiger partial charge is 0.379 e. The zero-order chi connectivity index (χ0) is 15.4. The van der Waals surface area contributed by atoms with Crippen molar-refractivity contribution in [2.75, 3.05) is 13.7 Å². The molecule has 120 valence electrons. The van der Waals surface area contributed by atoms with Crippen molar-refractivity contribution in [2.24, 2.45) is 17.3 Å². The molecule has 0 saturated heterocycles. The fourth-order valence-corrected chi connectivity index (χ4v) is 3.42. The van der Waals surface area contributed by atoms with E-state index in [1.165, 1.54) is 38.6 Å². The van der Waals surface area contributed by atoms with Crippen LogP contribution in [0, 0.1) is 17.3 Å².